The number of nitrogens with zero attached hydrogens (tertiary/aromatic N) is 1. The fraction of sp³-hybridized carbons (Fsp3) is 0.615. The largest absolute Gasteiger partial charge is 0.341 e. The summed E-state index contributed by atoms with van der Waals surface area (Å²) in [7, 11) is 1.89. The van der Waals surface area contributed by atoms with E-state index >= 15 is 0 Å². The van der Waals surface area contributed by atoms with Crippen molar-refractivity contribution in [3.05, 3.63) is 20.8 Å². The van der Waals surface area contributed by atoms with Gasteiger partial charge < -0.3 is 10.2 Å². The molecule has 0 radical (unpaired) electrons. The molecule has 1 atom stereocenters. The van der Waals surface area contributed by atoms with Crippen LogP contribution in [0.25, 0.3) is 0 Å². The summed E-state index contributed by atoms with van der Waals surface area (Å²) in [6.07, 6.45) is 2.91. The molecule has 5 heteroatoms. The molecular formula is C13H19BrN2OS. The summed E-state index contributed by atoms with van der Waals surface area (Å²) in [6, 6.07) is 4.10. The number of rotatable bonds is 5. The zero-order valence-electron chi connectivity index (χ0n) is 10.6. The predicted octanol–water partition coefficient (Wildman–Crippen LogP) is 2.86. The Morgan fingerprint density at radius 3 is 3.06 bits per heavy atom. The average Bonchev–Trinajstić information content (AvgIpc) is 2.97. The smallest absolute Gasteiger partial charge is 0.222 e. The standard InChI is InChI=1S/C13H19BrN2OS/c1-16(9-11-3-4-12(14)18-11)13(17)5-2-10-6-7-15-8-10/h3-4,10,15H,2,5-9H2,1H3. The minimum atomic E-state index is 0.256. The molecule has 1 unspecified atom stereocenters. The summed E-state index contributed by atoms with van der Waals surface area (Å²) in [5, 5.41) is 3.34. The molecule has 2 heterocycles. The van der Waals surface area contributed by atoms with Gasteiger partial charge in [0.1, 0.15) is 0 Å². The summed E-state index contributed by atoms with van der Waals surface area (Å²) in [4.78, 5) is 15.1. The quantitative estimate of drug-likeness (QED) is 0.900. The Morgan fingerprint density at radius 2 is 2.44 bits per heavy atom. The van der Waals surface area contributed by atoms with Crippen LogP contribution in [0.5, 0.6) is 0 Å². The third-order valence-electron chi connectivity index (χ3n) is 3.38. The van der Waals surface area contributed by atoms with E-state index in [0.717, 1.165) is 29.8 Å². The Morgan fingerprint density at radius 1 is 1.61 bits per heavy atom. The lowest BCUT2D eigenvalue weighted by Gasteiger charge is -2.17. The molecule has 1 N–H and O–H groups in total. The van der Waals surface area contributed by atoms with Crippen molar-refractivity contribution in [3.63, 3.8) is 0 Å². The molecule has 18 heavy (non-hydrogen) atoms. The molecule has 1 aromatic rings. The molecule has 2 rings (SSSR count). The van der Waals surface area contributed by atoms with Crippen molar-refractivity contribution in [3.8, 4) is 0 Å². The van der Waals surface area contributed by atoms with Gasteiger partial charge in [-0.05, 0) is 59.9 Å². The Labute approximate surface area is 121 Å². The van der Waals surface area contributed by atoms with E-state index in [2.05, 4.69) is 27.3 Å². The maximum absolute atomic E-state index is 12.0. The number of hydrogen-bond acceptors (Lipinski definition) is 3. The summed E-state index contributed by atoms with van der Waals surface area (Å²) < 4.78 is 1.12. The number of carbonyl (C=O) groups excluding carboxylic acids is 1. The molecule has 1 fully saturated rings. The van der Waals surface area contributed by atoms with E-state index in [1.165, 1.54) is 11.3 Å². The molecule has 0 bridgehead atoms. The van der Waals surface area contributed by atoms with Gasteiger partial charge in [0, 0.05) is 18.3 Å². The van der Waals surface area contributed by atoms with Crippen LogP contribution in [0, 0.1) is 5.92 Å². The van der Waals surface area contributed by atoms with Crippen molar-refractivity contribution in [1.29, 1.82) is 0 Å². The van der Waals surface area contributed by atoms with Gasteiger partial charge in [-0.3, -0.25) is 4.79 Å². The minimum absolute atomic E-state index is 0.256. The van der Waals surface area contributed by atoms with E-state index in [9.17, 15) is 4.79 Å². The Balaban J connectivity index is 1.74. The van der Waals surface area contributed by atoms with E-state index in [-0.39, 0.29) is 5.91 Å². The van der Waals surface area contributed by atoms with Gasteiger partial charge in [0.25, 0.3) is 0 Å². The molecule has 1 aliphatic rings. The third-order valence-corrected chi connectivity index (χ3v) is 4.98. The van der Waals surface area contributed by atoms with Gasteiger partial charge in [-0.1, -0.05) is 0 Å². The fourth-order valence-corrected chi connectivity index (χ4v) is 3.77. The van der Waals surface area contributed by atoms with Gasteiger partial charge in [-0.15, -0.1) is 11.3 Å². The first-order valence-electron chi connectivity index (χ1n) is 6.34. The molecule has 0 aliphatic carbocycles. The summed E-state index contributed by atoms with van der Waals surface area (Å²) >= 11 is 5.13. The van der Waals surface area contributed by atoms with Crippen molar-refractivity contribution in [2.24, 2.45) is 5.92 Å². The first kappa shape index (κ1) is 14.0. The van der Waals surface area contributed by atoms with Crippen molar-refractivity contribution < 1.29 is 4.79 Å². The van der Waals surface area contributed by atoms with Crippen molar-refractivity contribution in [1.82, 2.24) is 10.2 Å². The van der Waals surface area contributed by atoms with Crippen molar-refractivity contribution in [2.75, 3.05) is 20.1 Å². The van der Waals surface area contributed by atoms with E-state index < -0.39 is 0 Å². The second-order valence-corrected chi connectivity index (χ2v) is 7.40. The van der Waals surface area contributed by atoms with Gasteiger partial charge in [0.2, 0.25) is 5.91 Å². The molecule has 1 saturated heterocycles. The lowest BCUT2D eigenvalue weighted by Crippen LogP contribution is -2.26. The molecular weight excluding hydrogens is 312 g/mol. The van der Waals surface area contributed by atoms with Crippen molar-refractivity contribution in [2.45, 2.75) is 25.8 Å². The van der Waals surface area contributed by atoms with E-state index in [0.29, 0.717) is 12.3 Å². The maximum atomic E-state index is 12.0. The number of hydrogen-bond donors (Lipinski definition) is 1. The van der Waals surface area contributed by atoms with Crippen LogP contribution < -0.4 is 5.32 Å². The highest BCUT2D eigenvalue weighted by molar-refractivity contribution is 9.11. The zero-order chi connectivity index (χ0) is 13.0. The van der Waals surface area contributed by atoms with Gasteiger partial charge in [0.15, 0.2) is 0 Å². The summed E-state index contributed by atoms with van der Waals surface area (Å²) in [6.45, 7) is 2.91. The first-order valence-corrected chi connectivity index (χ1v) is 7.95. The minimum Gasteiger partial charge on any atom is -0.341 e. The first-order chi connectivity index (χ1) is 8.65. The molecule has 1 aromatic heterocycles. The topological polar surface area (TPSA) is 32.3 Å². The summed E-state index contributed by atoms with van der Waals surface area (Å²) in [5.74, 6) is 0.949. The molecule has 100 valence electrons. The second kappa shape index (κ2) is 6.68. The highest BCUT2D eigenvalue weighted by Crippen LogP contribution is 2.23. The second-order valence-electron chi connectivity index (χ2n) is 4.85. The number of carbonyl (C=O) groups is 1. The third kappa shape index (κ3) is 4.07. The van der Waals surface area contributed by atoms with Crippen LogP contribution in [0.2, 0.25) is 0 Å². The van der Waals surface area contributed by atoms with E-state index in [1.54, 1.807) is 11.3 Å². The lowest BCUT2D eigenvalue weighted by atomic mass is 10.0. The lowest BCUT2D eigenvalue weighted by molar-refractivity contribution is -0.130. The van der Waals surface area contributed by atoms with Crippen LogP contribution in [-0.2, 0) is 11.3 Å². The van der Waals surface area contributed by atoms with E-state index in [1.807, 2.05) is 18.0 Å². The van der Waals surface area contributed by atoms with Crippen LogP contribution in [0.1, 0.15) is 24.1 Å². The van der Waals surface area contributed by atoms with Gasteiger partial charge in [0.05, 0.1) is 10.3 Å². The molecule has 3 nitrogen and oxygen atoms in total. The SMILES string of the molecule is CN(Cc1ccc(Br)s1)C(=O)CCC1CCNC1. The van der Waals surface area contributed by atoms with Gasteiger partial charge in [-0.25, -0.2) is 0 Å². The highest BCUT2D eigenvalue weighted by Gasteiger charge is 2.17. The highest BCUT2D eigenvalue weighted by atomic mass is 79.9. The Bertz CT molecular complexity index is 401. The molecule has 1 amide bonds. The van der Waals surface area contributed by atoms with Crippen molar-refractivity contribution >= 4 is 33.2 Å². The monoisotopic (exact) mass is 330 g/mol. The predicted molar refractivity (Wildman–Crippen MR) is 78.7 cm³/mol. The zero-order valence-corrected chi connectivity index (χ0v) is 13.0. The molecule has 0 spiro atoms. The number of amides is 1. The fourth-order valence-electron chi connectivity index (χ4n) is 2.24. The van der Waals surface area contributed by atoms with Crippen LogP contribution in [0.3, 0.4) is 0 Å². The molecule has 0 aromatic carbocycles. The van der Waals surface area contributed by atoms with Crippen LogP contribution in [0.4, 0.5) is 0 Å². The summed E-state index contributed by atoms with van der Waals surface area (Å²) in [5.41, 5.74) is 0. The molecule has 0 saturated carbocycles. The van der Waals surface area contributed by atoms with Gasteiger partial charge >= 0.3 is 0 Å². The average molecular weight is 331 g/mol. The van der Waals surface area contributed by atoms with E-state index in [4.69, 9.17) is 0 Å². The number of nitrogens with one attached hydrogen (secondary N) is 1. The number of halogens is 1. The Hall–Kier alpha value is -0.390. The van der Waals surface area contributed by atoms with Crippen LogP contribution >= 0.6 is 27.3 Å². The van der Waals surface area contributed by atoms with Gasteiger partial charge in [-0.2, -0.15) is 0 Å². The number of thiophene rings is 1. The van der Waals surface area contributed by atoms with Crippen LogP contribution in [-0.4, -0.2) is 30.9 Å². The van der Waals surface area contributed by atoms with Crippen LogP contribution in [0.15, 0.2) is 15.9 Å². The normalized spacial score (nSPS) is 19.1. The maximum Gasteiger partial charge on any atom is 0.222 e. The molecule has 1 aliphatic heterocycles. The Kier molecular flexibility index (Phi) is 5.21.